The van der Waals surface area contributed by atoms with Gasteiger partial charge in [0.2, 0.25) is 5.91 Å². The van der Waals surface area contributed by atoms with E-state index in [9.17, 15) is 4.79 Å². The Kier molecular flexibility index (Phi) is 6.32. The molecule has 25 heavy (non-hydrogen) atoms. The largest absolute Gasteiger partial charge is 0.494 e. The standard InChI is InChI=1S/C20H31N3O2/c1-3-25-19-7-5-4-6-17(19)16-23(18-8-9-18)20(24)10-11-22-14-12-21(2)13-15-22/h4-7,18H,3,8-16H2,1-2H3. The lowest BCUT2D eigenvalue weighted by Crippen LogP contribution is -2.45. The number of nitrogens with zero attached hydrogens (tertiary/aromatic N) is 3. The van der Waals surface area contributed by atoms with E-state index in [1.807, 2.05) is 25.1 Å². The molecule has 1 heterocycles. The summed E-state index contributed by atoms with van der Waals surface area (Å²) in [5.41, 5.74) is 1.11. The molecule has 2 fully saturated rings. The van der Waals surface area contributed by atoms with E-state index in [0.717, 1.165) is 56.9 Å². The molecule has 3 rings (SSSR count). The first-order valence-corrected chi connectivity index (χ1v) is 9.58. The summed E-state index contributed by atoms with van der Waals surface area (Å²) >= 11 is 0. The Morgan fingerprint density at radius 2 is 1.92 bits per heavy atom. The molecule has 1 amide bonds. The van der Waals surface area contributed by atoms with Gasteiger partial charge >= 0.3 is 0 Å². The van der Waals surface area contributed by atoms with E-state index in [-0.39, 0.29) is 5.91 Å². The fourth-order valence-electron chi connectivity index (χ4n) is 3.39. The molecule has 1 saturated heterocycles. The third kappa shape index (κ3) is 5.19. The summed E-state index contributed by atoms with van der Waals surface area (Å²) in [5, 5.41) is 0. The fraction of sp³-hybridized carbons (Fsp3) is 0.650. The predicted molar refractivity (Wildman–Crippen MR) is 99.7 cm³/mol. The SMILES string of the molecule is CCOc1ccccc1CN(C(=O)CCN1CCN(C)CC1)C1CC1. The van der Waals surface area contributed by atoms with Gasteiger partial charge in [-0.3, -0.25) is 4.79 Å². The summed E-state index contributed by atoms with van der Waals surface area (Å²) in [5.74, 6) is 1.19. The quantitative estimate of drug-likeness (QED) is 0.724. The summed E-state index contributed by atoms with van der Waals surface area (Å²) in [4.78, 5) is 19.7. The Labute approximate surface area is 151 Å². The van der Waals surface area contributed by atoms with Gasteiger partial charge in [0.25, 0.3) is 0 Å². The van der Waals surface area contributed by atoms with E-state index in [0.29, 0.717) is 25.6 Å². The summed E-state index contributed by atoms with van der Waals surface area (Å²) < 4.78 is 5.73. The Morgan fingerprint density at radius 1 is 1.20 bits per heavy atom. The molecular formula is C20H31N3O2. The number of likely N-dealkylation sites (N-methyl/N-ethyl adjacent to an activating group) is 1. The van der Waals surface area contributed by atoms with Crippen LogP contribution in [-0.4, -0.2) is 73.0 Å². The minimum Gasteiger partial charge on any atom is -0.494 e. The van der Waals surface area contributed by atoms with Crippen molar-refractivity contribution in [1.29, 1.82) is 0 Å². The molecule has 5 heteroatoms. The molecule has 5 nitrogen and oxygen atoms in total. The van der Waals surface area contributed by atoms with E-state index in [1.165, 1.54) is 0 Å². The van der Waals surface area contributed by atoms with Crippen molar-refractivity contribution in [2.24, 2.45) is 0 Å². The van der Waals surface area contributed by atoms with E-state index in [2.05, 4.69) is 27.8 Å². The van der Waals surface area contributed by atoms with Crippen LogP contribution in [0.5, 0.6) is 5.75 Å². The van der Waals surface area contributed by atoms with Crippen LogP contribution in [-0.2, 0) is 11.3 Å². The third-order valence-electron chi connectivity index (χ3n) is 5.16. The number of rotatable bonds is 8. The van der Waals surface area contributed by atoms with Gasteiger partial charge in [-0.2, -0.15) is 0 Å². The Hall–Kier alpha value is -1.59. The number of carbonyl (C=O) groups is 1. The van der Waals surface area contributed by atoms with Crippen molar-refractivity contribution in [3.05, 3.63) is 29.8 Å². The van der Waals surface area contributed by atoms with Gasteiger partial charge in [0, 0.05) is 57.3 Å². The minimum absolute atomic E-state index is 0.285. The monoisotopic (exact) mass is 345 g/mol. The number of amides is 1. The van der Waals surface area contributed by atoms with Crippen LogP contribution in [0.15, 0.2) is 24.3 Å². The summed E-state index contributed by atoms with van der Waals surface area (Å²) in [7, 11) is 2.16. The smallest absolute Gasteiger partial charge is 0.224 e. The molecule has 0 spiro atoms. The maximum atomic E-state index is 12.9. The van der Waals surface area contributed by atoms with Gasteiger partial charge in [-0.25, -0.2) is 0 Å². The van der Waals surface area contributed by atoms with Crippen molar-refractivity contribution >= 4 is 5.91 Å². The molecule has 1 aromatic rings. The van der Waals surface area contributed by atoms with Crippen molar-refractivity contribution in [1.82, 2.24) is 14.7 Å². The zero-order valence-corrected chi connectivity index (χ0v) is 15.6. The highest BCUT2D eigenvalue weighted by molar-refractivity contribution is 5.77. The molecule has 0 radical (unpaired) electrons. The summed E-state index contributed by atoms with van der Waals surface area (Å²) in [6.45, 7) is 8.53. The maximum Gasteiger partial charge on any atom is 0.224 e. The van der Waals surface area contributed by atoms with Gasteiger partial charge in [-0.15, -0.1) is 0 Å². The highest BCUT2D eigenvalue weighted by Gasteiger charge is 2.33. The molecule has 0 N–H and O–H groups in total. The normalized spacial score (nSPS) is 19.0. The highest BCUT2D eigenvalue weighted by Crippen LogP contribution is 2.31. The first kappa shape index (κ1) is 18.2. The summed E-state index contributed by atoms with van der Waals surface area (Å²) in [6, 6.07) is 8.52. The average Bonchev–Trinajstić information content (AvgIpc) is 3.45. The molecule has 1 saturated carbocycles. The zero-order chi connectivity index (χ0) is 17.6. The fourth-order valence-corrected chi connectivity index (χ4v) is 3.39. The lowest BCUT2D eigenvalue weighted by atomic mass is 10.1. The van der Waals surface area contributed by atoms with Crippen LogP contribution in [0.25, 0.3) is 0 Å². The van der Waals surface area contributed by atoms with Gasteiger partial charge in [-0.05, 0) is 32.9 Å². The number of hydrogen-bond acceptors (Lipinski definition) is 4. The van der Waals surface area contributed by atoms with E-state index in [1.54, 1.807) is 0 Å². The van der Waals surface area contributed by atoms with Crippen LogP contribution in [0, 0.1) is 0 Å². The molecule has 0 unspecified atom stereocenters. The Bertz CT molecular complexity index is 566. The van der Waals surface area contributed by atoms with Crippen LogP contribution >= 0.6 is 0 Å². The van der Waals surface area contributed by atoms with Crippen molar-refractivity contribution < 1.29 is 9.53 Å². The average molecular weight is 345 g/mol. The first-order valence-electron chi connectivity index (χ1n) is 9.58. The summed E-state index contributed by atoms with van der Waals surface area (Å²) in [6.07, 6.45) is 2.89. The number of carbonyl (C=O) groups excluding carboxylic acids is 1. The number of para-hydroxylation sites is 1. The van der Waals surface area contributed by atoms with Crippen molar-refractivity contribution in [2.75, 3.05) is 46.4 Å². The molecule has 1 aromatic carbocycles. The molecule has 2 aliphatic rings. The van der Waals surface area contributed by atoms with Crippen LogP contribution in [0.2, 0.25) is 0 Å². The Morgan fingerprint density at radius 3 is 2.60 bits per heavy atom. The van der Waals surface area contributed by atoms with Gasteiger partial charge in [0.1, 0.15) is 5.75 Å². The lowest BCUT2D eigenvalue weighted by Gasteiger charge is -2.32. The Balaban J connectivity index is 1.57. The molecule has 0 atom stereocenters. The van der Waals surface area contributed by atoms with Crippen molar-refractivity contribution in [3.63, 3.8) is 0 Å². The van der Waals surface area contributed by atoms with E-state index >= 15 is 0 Å². The number of benzene rings is 1. The zero-order valence-electron chi connectivity index (χ0n) is 15.6. The van der Waals surface area contributed by atoms with Crippen molar-refractivity contribution in [3.8, 4) is 5.75 Å². The molecule has 138 valence electrons. The number of piperazine rings is 1. The van der Waals surface area contributed by atoms with Gasteiger partial charge in [0.15, 0.2) is 0 Å². The molecular weight excluding hydrogens is 314 g/mol. The number of ether oxygens (including phenoxy) is 1. The second kappa shape index (κ2) is 8.68. The van der Waals surface area contributed by atoms with Gasteiger partial charge in [0.05, 0.1) is 6.61 Å². The van der Waals surface area contributed by atoms with Crippen molar-refractivity contribution in [2.45, 2.75) is 38.8 Å². The molecule has 1 aliphatic heterocycles. The van der Waals surface area contributed by atoms with Gasteiger partial charge in [-0.1, -0.05) is 18.2 Å². The highest BCUT2D eigenvalue weighted by atomic mass is 16.5. The van der Waals surface area contributed by atoms with Crippen LogP contribution in [0.3, 0.4) is 0 Å². The van der Waals surface area contributed by atoms with Gasteiger partial charge < -0.3 is 19.4 Å². The predicted octanol–water partition coefficient (Wildman–Crippen LogP) is 2.21. The maximum absolute atomic E-state index is 12.9. The first-order chi connectivity index (χ1) is 12.2. The van der Waals surface area contributed by atoms with Crippen LogP contribution in [0.4, 0.5) is 0 Å². The van der Waals surface area contributed by atoms with Crippen LogP contribution in [0.1, 0.15) is 31.7 Å². The second-order valence-electron chi connectivity index (χ2n) is 7.19. The molecule has 0 aromatic heterocycles. The number of hydrogen-bond donors (Lipinski definition) is 0. The van der Waals surface area contributed by atoms with E-state index in [4.69, 9.17) is 4.74 Å². The minimum atomic E-state index is 0.285. The topological polar surface area (TPSA) is 36.0 Å². The van der Waals surface area contributed by atoms with Crippen LogP contribution < -0.4 is 4.74 Å². The second-order valence-corrected chi connectivity index (χ2v) is 7.19. The van der Waals surface area contributed by atoms with E-state index < -0.39 is 0 Å². The lowest BCUT2D eigenvalue weighted by molar-refractivity contribution is -0.132. The third-order valence-corrected chi connectivity index (χ3v) is 5.16. The molecule has 0 bridgehead atoms. The molecule has 1 aliphatic carbocycles.